The van der Waals surface area contributed by atoms with E-state index >= 15 is 0 Å². The maximum absolute atomic E-state index is 9.73. The van der Waals surface area contributed by atoms with E-state index in [9.17, 15) is 10.2 Å². The number of fused-ring (bicyclic) bond motifs is 1. The molecular weight excluding hydrogens is 194 g/mol. The Morgan fingerprint density at radius 2 is 2.20 bits per heavy atom. The summed E-state index contributed by atoms with van der Waals surface area (Å²) < 4.78 is 5.64. The summed E-state index contributed by atoms with van der Waals surface area (Å²) in [6.07, 6.45) is 0.431. The van der Waals surface area contributed by atoms with E-state index in [4.69, 9.17) is 10.5 Å². The van der Waals surface area contributed by atoms with Crippen LogP contribution in [0.5, 0.6) is 11.5 Å². The molecule has 0 spiro atoms. The molecular formula is C11H15NO3. The summed E-state index contributed by atoms with van der Waals surface area (Å²) in [6, 6.07) is 3.23. The number of aromatic hydroxyl groups is 2. The first-order valence-electron chi connectivity index (χ1n) is 5.02. The molecule has 0 saturated carbocycles. The number of ether oxygens (including phenoxy) is 1. The van der Waals surface area contributed by atoms with Gasteiger partial charge in [0.25, 0.3) is 0 Å². The van der Waals surface area contributed by atoms with Gasteiger partial charge in [0.1, 0.15) is 0 Å². The first kappa shape index (κ1) is 10.3. The third kappa shape index (κ3) is 1.66. The van der Waals surface area contributed by atoms with Crippen molar-refractivity contribution in [3.63, 3.8) is 0 Å². The van der Waals surface area contributed by atoms with Crippen LogP contribution in [0.15, 0.2) is 12.1 Å². The van der Waals surface area contributed by atoms with Gasteiger partial charge in [-0.1, -0.05) is 6.07 Å². The summed E-state index contributed by atoms with van der Waals surface area (Å²) in [6.45, 7) is 2.30. The summed E-state index contributed by atoms with van der Waals surface area (Å²) >= 11 is 0. The van der Waals surface area contributed by atoms with Crippen molar-refractivity contribution >= 4 is 0 Å². The maximum atomic E-state index is 9.73. The van der Waals surface area contributed by atoms with E-state index in [1.807, 2.05) is 6.92 Å². The van der Waals surface area contributed by atoms with Crippen LogP contribution >= 0.6 is 0 Å². The lowest BCUT2D eigenvalue weighted by Crippen LogP contribution is -2.28. The number of benzene rings is 1. The second-order valence-corrected chi connectivity index (χ2v) is 3.88. The lowest BCUT2D eigenvalue weighted by Gasteiger charge is -2.30. The number of phenolic OH excluding ortho intramolecular Hbond substituents is 2. The number of hydrogen-bond acceptors (Lipinski definition) is 4. The van der Waals surface area contributed by atoms with Crippen molar-refractivity contribution in [3.8, 4) is 11.5 Å². The minimum absolute atomic E-state index is 0.0127. The van der Waals surface area contributed by atoms with Crippen LogP contribution in [0.3, 0.4) is 0 Å². The molecule has 1 aliphatic rings. The van der Waals surface area contributed by atoms with E-state index < -0.39 is 0 Å². The zero-order chi connectivity index (χ0) is 11.0. The molecule has 0 aliphatic carbocycles. The fourth-order valence-corrected chi connectivity index (χ4v) is 2.03. The van der Waals surface area contributed by atoms with Crippen LogP contribution in [0.4, 0.5) is 0 Å². The van der Waals surface area contributed by atoms with Crippen LogP contribution in [0, 0.1) is 0 Å². The molecule has 4 nitrogen and oxygen atoms in total. The molecule has 4 heteroatoms. The summed E-state index contributed by atoms with van der Waals surface area (Å²) in [4.78, 5) is 0. The highest BCUT2D eigenvalue weighted by Gasteiger charge is 2.27. The van der Waals surface area contributed by atoms with Gasteiger partial charge in [0.15, 0.2) is 11.5 Å². The molecule has 0 unspecified atom stereocenters. The van der Waals surface area contributed by atoms with Gasteiger partial charge in [-0.25, -0.2) is 0 Å². The van der Waals surface area contributed by atoms with Crippen LogP contribution in [-0.2, 0) is 11.2 Å². The lowest BCUT2D eigenvalue weighted by molar-refractivity contribution is -0.0109. The quantitative estimate of drug-likeness (QED) is 0.604. The molecule has 0 amide bonds. The fraction of sp³-hybridized carbons (Fsp3) is 0.455. The van der Waals surface area contributed by atoms with Crippen molar-refractivity contribution in [1.82, 2.24) is 0 Å². The molecule has 4 N–H and O–H groups in total. The van der Waals surface area contributed by atoms with Crippen LogP contribution in [-0.4, -0.2) is 22.9 Å². The van der Waals surface area contributed by atoms with Gasteiger partial charge in [0, 0.05) is 18.5 Å². The summed E-state index contributed by atoms with van der Waals surface area (Å²) in [5.41, 5.74) is 7.23. The highest BCUT2D eigenvalue weighted by Crippen LogP contribution is 2.39. The molecule has 2 rings (SSSR count). The second-order valence-electron chi connectivity index (χ2n) is 3.88. The van der Waals surface area contributed by atoms with Gasteiger partial charge < -0.3 is 20.7 Å². The van der Waals surface area contributed by atoms with Crippen molar-refractivity contribution in [1.29, 1.82) is 0 Å². The Balaban J connectivity index is 2.51. The standard InChI is InChI=1S/C11H15NO3/c1-6-4-8-7(10(5-12)15-6)2-3-9(13)11(8)14/h2-3,6,10,13-14H,4-5,12H2,1H3/t6-,10+/m1/s1. The third-order valence-electron chi connectivity index (χ3n) is 2.75. The van der Waals surface area contributed by atoms with E-state index in [0.717, 1.165) is 11.1 Å². The van der Waals surface area contributed by atoms with Gasteiger partial charge >= 0.3 is 0 Å². The van der Waals surface area contributed by atoms with E-state index in [1.165, 1.54) is 6.07 Å². The zero-order valence-electron chi connectivity index (χ0n) is 8.60. The summed E-state index contributed by atoms with van der Waals surface area (Å²) in [5.74, 6) is -0.125. The molecule has 0 saturated heterocycles. The minimum Gasteiger partial charge on any atom is -0.504 e. The number of rotatable bonds is 1. The van der Waals surface area contributed by atoms with Crippen molar-refractivity contribution in [2.45, 2.75) is 25.6 Å². The fourth-order valence-electron chi connectivity index (χ4n) is 2.03. The summed E-state index contributed by atoms with van der Waals surface area (Å²) in [5, 5.41) is 19.1. The maximum Gasteiger partial charge on any atom is 0.161 e. The Hall–Kier alpha value is -1.26. The molecule has 1 aliphatic heterocycles. The molecule has 0 radical (unpaired) electrons. The van der Waals surface area contributed by atoms with Crippen LogP contribution in [0.1, 0.15) is 24.2 Å². The van der Waals surface area contributed by atoms with Gasteiger partial charge in [-0.05, 0) is 18.6 Å². The van der Waals surface area contributed by atoms with E-state index in [2.05, 4.69) is 0 Å². The highest BCUT2D eigenvalue weighted by molar-refractivity contribution is 5.50. The molecule has 1 heterocycles. The number of phenols is 2. The van der Waals surface area contributed by atoms with Gasteiger partial charge in [0.2, 0.25) is 0 Å². The summed E-state index contributed by atoms with van der Waals surface area (Å²) in [7, 11) is 0. The largest absolute Gasteiger partial charge is 0.504 e. The average Bonchev–Trinajstić information content (AvgIpc) is 2.23. The molecule has 82 valence electrons. The smallest absolute Gasteiger partial charge is 0.161 e. The van der Waals surface area contributed by atoms with Gasteiger partial charge in [-0.2, -0.15) is 0 Å². The van der Waals surface area contributed by atoms with Gasteiger partial charge in [0.05, 0.1) is 12.2 Å². The normalized spacial score (nSPS) is 24.9. The average molecular weight is 209 g/mol. The second kappa shape index (κ2) is 3.72. The Morgan fingerprint density at radius 1 is 1.47 bits per heavy atom. The Kier molecular flexibility index (Phi) is 2.54. The molecule has 0 bridgehead atoms. The molecule has 1 aromatic carbocycles. The van der Waals surface area contributed by atoms with Crippen LogP contribution in [0.25, 0.3) is 0 Å². The monoisotopic (exact) mass is 209 g/mol. The topological polar surface area (TPSA) is 75.7 Å². The highest BCUT2D eigenvalue weighted by atomic mass is 16.5. The Morgan fingerprint density at radius 3 is 2.87 bits per heavy atom. The first-order chi connectivity index (χ1) is 7.13. The Bertz CT molecular complexity index is 378. The van der Waals surface area contributed by atoms with E-state index in [0.29, 0.717) is 13.0 Å². The molecule has 2 atom stereocenters. The lowest BCUT2D eigenvalue weighted by atomic mass is 9.93. The van der Waals surface area contributed by atoms with Crippen LogP contribution < -0.4 is 5.73 Å². The first-order valence-corrected chi connectivity index (χ1v) is 5.02. The number of nitrogens with two attached hydrogens (primary N) is 1. The SMILES string of the molecule is C[C@@H]1Cc2c(ccc(O)c2O)[C@H](CN)O1. The number of hydrogen-bond donors (Lipinski definition) is 3. The molecule has 1 aromatic rings. The van der Waals surface area contributed by atoms with Gasteiger partial charge in [-0.15, -0.1) is 0 Å². The van der Waals surface area contributed by atoms with E-state index in [1.54, 1.807) is 6.07 Å². The Labute approximate surface area is 88.3 Å². The molecule has 0 fully saturated rings. The van der Waals surface area contributed by atoms with Crippen LogP contribution in [0.2, 0.25) is 0 Å². The predicted molar refractivity (Wildman–Crippen MR) is 55.8 cm³/mol. The predicted octanol–water partition coefficient (Wildman–Crippen LogP) is 1.06. The third-order valence-corrected chi connectivity index (χ3v) is 2.75. The van der Waals surface area contributed by atoms with Crippen molar-refractivity contribution < 1.29 is 14.9 Å². The van der Waals surface area contributed by atoms with Crippen molar-refractivity contribution in [2.75, 3.05) is 6.54 Å². The van der Waals surface area contributed by atoms with Crippen molar-refractivity contribution in [3.05, 3.63) is 23.3 Å². The van der Waals surface area contributed by atoms with Gasteiger partial charge in [-0.3, -0.25) is 0 Å². The van der Waals surface area contributed by atoms with Crippen molar-refractivity contribution in [2.24, 2.45) is 5.73 Å². The molecule has 15 heavy (non-hydrogen) atoms. The molecule has 0 aromatic heterocycles. The zero-order valence-corrected chi connectivity index (χ0v) is 8.60. The van der Waals surface area contributed by atoms with E-state index in [-0.39, 0.29) is 23.7 Å². The minimum atomic E-state index is -0.185.